The molecule has 4 aromatic heterocycles. The Morgan fingerprint density at radius 1 is 0.500 bits per heavy atom. The second-order valence-electron chi connectivity index (χ2n) is 12.4. The molecule has 3 heteroatoms. The highest BCUT2D eigenvalue weighted by Gasteiger charge is 2.39. The Morgan fingerprint density at radius 2 is 1.10 bits per heavy atom. The fourth-order valence-electron chi connectivity index (χ4n) is 8.38. The minimum absolute atomic E-state index is 0.132. The van der Waals surface area contributed by atoms with E-state index in [1.54, 1.807) is 0 Å². The van der Waals surface area contributed by atoms with Crippen molar-refractivity contribution < 1.29 is 8.83 Å². The summed E-state index contributed by atoms with van der Waals surface area (Å²) in [4.78, 5) is 0. The monoisotopic (exact) mass is 537 g/mol. The van der Waals surface area contributed by atoms with Crippen molar-refractivity contribution in [1.82, 2.24) is 4.40 Å². The zero-order valence-corrected chi connectivity index (χ0v) is 23.1. The molecule has 0 saturated carbocycles. The Bertz CT molecular complexity index is 2820. The lowest BCUT2D eigenvalue weighted by Gasteiger charge is -2.21. The van der Waals surface area contributed by atoms with Crippen molar-refractivity contribution in [2.75, 3.05) is 0 Å². The first-order valence-electron chi connectivity index (χ1n) is 14.6. The Balaban J connectivity index is 1.51. The van der Waals surface area contributed by atoms with Crippen LogP contribution in [-0.2, 0) is 5.41 Å². The van der Waals surface area contributed by atoms with Crippen LogP contribution in [0.1, 0.15) is 25.0 Å². The number of hydrogen-bond donors (Lipinski definition) is 0. The van der Waals surface area contributed by atoms with Crippen LogP contribution < -0.4 is 0 Å². The van der Waals surface area contributed by atoms with E-state index in [2.05, 4.69) is 121 Å². The van der Waals surface area contributed by atoms with Crippen molar-refractivity contribution in [1.29, 1.82) is 0 Å². The number of rotatable bonds is 0. The van der Waals surface area contributed by atoms with Gasteiger partial charge in [0.1, 0.15) is 22.3 Å². The lowest BCUT2D eigenvalue weighted by Crippen LogP contribution is -2.14. The quantitative estimate of drug-likeness (QED) is 0.193. The predicted octanol–water partition coefficient (Wildman–Crippen LogP) is 10.9. The Morgan fingerprint density at radius 3 is 1.81 bits per heavy atom. The number of aromatic nitrogens is 1. The summed E-state index contributed by atoms with van der Waals surface area (Å²) in [5.41, 5.74) is 12.8. The first-order chi connectivity index (χ1) is 20.6. The SMILES string of the molecule is CC1(C)c2ccccc2-c2c1cc1c3c4c(ccc3n3c5ccc6oc7ccccc7c6c5c2c13)oc1ccccc14. The Labute approximate surface area is 239 Å². The average Bonchev–Trinajstić information content (AvgIpc) is 3.79. The molecule has 0 atom stereocenters. The van der Waals surface area contributed by atoms with Crippen LogP contribution in [0.15, 0.2) is 112 Å². The normalized spacial score (nSPS) is 14.6. The molecule has 42 heavy (non-hydrogen) atoms. The number of nitrogens with zero attached hydrogens (tertiary/aromatic N) is 1. The summed E-state index contributed by atoms with van der Waals surface area (Å²) in [5, 5.41) is 9.89. The highest BCUT2D eigenvalue weighted by molar-refractivity contribution is 6.38. The van der Waals surface area contributed by atoms with Gasteiger partial charge in [0, 0.05) is 48.5 Å². The summed E-state index contributed by atoms with van der Waals surface area (Å²) < 4.78 is 15.3. The van der Waals surface area contributed by atoms with Gasteiger partial charge in [0.15, 0.2) is 0 Å². The van der Waals surface area contributed by atoms with Crippen LogP contribution in [0.4, 0.5) is 0 Å². The minimum atomic E-state index is -0.132. The zero-order valence-electron chi connectivity index (χ0n) is 23.1. The molecule has 1 aliphatic rings. The fourth-order valence-corrected chi connectivity index (χ4v) is 8.38. The van der Waals surface area contributed by atoms with Crippen LogP contribution in [0.5, 0.6) is 0 Å². The maximum absolute atomic E-state index is 6.44. The second-order valence-corrected chi connectivity index (χ2v) is 12.4. The lowest BCUT2D eigenvalue weighted by atomic mass is 9.81. The molecule has 196 valence electrons. The number of fused-ring (bicyclic) bond motifs is 18. The molecule has 0 amide bonds. The molecule has 11 rings (SSSR count). The van der Waals surface area contributed by atoms with Gasteiger partial charge < -0.3 is 13.2 Å². The van der Waals surface area contributed by atoms with Crippen molar-refractivity contribution in [2.45, 2.75) is 19.3 Å². The van der Waals surface area contributed by atoms with E-state index in [0.29, 0.717) is 0 Å². The number of hydrogen-bond acceptors (Lipinski definition) is 2. The van der Waals surface area contributed by atoms with E-state index >= 15 is 0 Å². The predicted molar refractivity (Wildman–Crippen MR) is 173 cm³/mol. The summed E-state index contributed by atoms with van der Waals surface area (Å²) in [6.45, 7) is 4.75. The molecule has 0 spiro atoms. The fraction of sp³-hybridized carbons (Fsp3) is 0.0769. The smallest absolute Gasteiger partial charge is 0.136 e. The molecular weight excluding hydrogens is 514 g/mol. The Hall–Kier alpha value is -5.28. The molecule has 1 aliphatic carbocycles. The van der Waals surface area contributed by atoms with E-state index in [0.717, 1.165) is 22.3 Å². The summed E-state index contributed by atoms with van der Waals surface area (Å²) in [7, 11) is 0. The van der Waals surface area contributed by atoms with Gasteiger partial charge >= 0.3 is 0 Å². The van der Waals surface area contributed by atoms with Crippen LogP contribution >= 0.6 is 0 Å². The van der Waals surface area contributed by atoms with Gasteiger partial charge in [-0.3, -0.25) is 0 Å². The largest absolute Gasteiger partial charge is 0.456 e. The van der Waals surface area contributed by atoms with Crippen LogP contribution in [0.25, 0.3) is 93.1 Å². The third kappa shape index (κ3) is 2.21. The maximum Gasteiger partial charge on any atom is 0.136 e. The minimum Gasteiger partial charge on any atom is -0.456 e. The molecule has 0 radical (unpaired) electrons. The number of para-hydroxylation sites is 2. The van der Waals surface area contributed by atoms with Crippen LogP contribution in [-0.4, -0.2) is 4.40 Å². The van der Waals surface area contributed by atoms with E-state index in [-0.39, 0.29) is 5.41 Å². The van der Waals surface area contributed by atoms with Gasteiger partial charge in [0.05, 0.1) is 16.6 Å². The second kappa shape index (κ2) is 6.78. The zero-order chi connectivity index (χ0) is 27.5. The van der Waals surface area contributed by atoms with Crippen molar-refractivity contribution in [3.8, 4) is 11.1 Å². The summed E-state index contributed by atoms with van der Waals surface area (Å²) >= 11 is 0. The van der Waals surface area contributed by atoms with Crippen molar-refractivity contribution in [3.63, 3.8) is 0 Å². The first-order valence-corrected chi connectivity index (χ1v) is 14.6. The van der Waals surface area contributed by atoms with Gasteiger partial charge in [-0.25, -0.2) is 0 Å². The third-order valence-electron chi connectivity index (χ3n) is 10.1. The average molecular weight is 538 g/mol. The van der Waals surface area contributed by atoms with Crippen LogP contribution in [0, 0.1) is 0 Å². The van der Waals surface area contributed by atoms with E-state index in [1.807, 2.05) is 0 Å². The van der Waals surface area contributed by atoms with E-state index in [1.165, 1.54) is 81.9 Å². The molecule has 3 nitrogen and oxygen atoms in total. The maximum atomic E-state index is 6.44. The van der Waals surface area contributed by atoms with E-state index < -0.39 is 0 Å². The third-order valence-corrected chi connectivity index (χ3v) is 10.1. The summed E-state index contributed by atoms with van der Waals surface area (Å²) in [5.74, 6) is 0. The van der Waals surface area contributed by atoms with Crippen molar-refractivity contribution in [2.24, 2.45) is 0 Å². The number of benzene rings is 6. The molecule has 4 heterocycles. The molecule has 0 unspecified atom stereocenters. The molecule has 0 bridgehead atoms. The van der Waals surface area contributed by atoms with Crippen molar-refractivity contribution >= 4 is 82.0 Å². The van der Waals surface area contributed by atoms with Gasteiger partial charge in [-0.1, -0.05) is 74.5 Å². The molecule has 0 saturated heterocycles. The standard InChI is InChI=1S/C39H23NO2/c1-39(2)24-12-6-3-9-20(24)32-25(39)19-23-33-26(15-17-30-34(33)21-10-4-7-13-28(21)41-30)40-27-16-18-31-35(36(27)37(32)38(23)40)22-11-5-8-14-29(22)42-31/h3-19H,1-2H3. The summed E-state index contributed by atoms with van der Waals surface area (Å²) in [6.07, 6.45) is 0. The molecule has 6 aromatic carbocycles. The molecule has 0 aliphatic heterocycles. The van der Waals surface area contributed by atoms with Gasteiger partial charge in [-0.05, 0) is 64.7 Å². The van der Waals surface area contributed by atoms with Crippen LogP contribution in [0.3, 0.4) is 0 Å². The van der Waals surface area contributed by atoms with Crippen LogP contribution in [0.2, 0.25) is 0 Å². The Kier molecular flexibility index (Phi) is 3.46. The summed E-state index contributed by atoms with van der Waals surface area (Å²) in [6, 6.07) is 37.2. The van der Waals surface area contributed by atoms with E-state index in [9.17, 15) is 0 Å². The molecule has 0 fully saturated rings. The highest BCUT2D eigenvalue weighted by Crippen LogP contribution is 2.57. The highest BCUT2D eigenvalue weighted by atomic mass is 16.3. The first kappa shape index (κ1) is 21.5. The van der Waals surface area contributed by atoms with Gasteiger partial charge in [-0.15, -0.1) is 0 Å². The lowest BCUT2D eigenvalue weighted by molar-refractivity contribution is 0.661. The van der Waals surface area contributed by atoms with Gasteiger partial charge in [0.25, 0.3) is 0 Å². The van der Waals surface area contributed by atoms with Crippen molar-refractivity contribution in [3.05, 3.63) is 114 Å². The molecule has 0 N–H and O–H groups in total. The molecule has 10 aromatic rings. The number of furan rings is 2. The van der Waals surface area contributed by atoms with Gasteiger partial charge in [0.2, 0.25) is 0 Å². The van der Waals surface area contributed by atoms with E-state index in [4.69, 9.17) is 8.83 Å². The van der Waals surface area contributed by atoms with Gasteiger partial charge in [-0.2, -0.15) is 0 Å². The molecular formula is C39H23NO2. The topological polar surface area (TPSA) is 30.7 Å².